The molecule has 0 fully saturated rings. The third kappa shape index (κ3) is 3.45. The van der Waals surface area contributed by atoms with Crippen molar-refractivity contribution in [2.24, 2.45) is 16.6 Å². The zero-order valence-electron chi connectivity index (χ0n) is 12.2. The van der Waals surface area contributed by atoms with Crippen LogP contribution in [-0.2, 0) is 4.79 Å². The lowest BCUT2D eigenvalue weighted by Crippen LogP contribution is -2.44. The highest BCUT2D eigenvalue weighted by Crippen LogP contribution is 2.28. The number of hydrogen-bond donors (Lipinski definition) is 1. The summed E-state index contributed by atoms with van der Waals surface area (Å²) < 4.78 is 0. The summed E-state index contributed by atoms with van der Waals surface area (Å²) in [6, 6.07) is 0. The summed E-state index contributed by atoms with van der Waals surface area (Å²) in [7, 11) is 4.04. The third-order valence-electron chi connectivity index (χ3n) is 3.14. The molecule has 0 aromatic carbocycles. The number of aliphatic imine (C=N–C) groups is 1. The van der Waals surface area contributed by atoms with Gasteiger partial charge in [-0.3, -0.25) is 9.69 Å². The highest BCUT2D eigenvalue weighted by Gasteiger charge is 2.43. The van der Waals surface area contributed by atoms with Crippen LogP contribution in [0.25, 0.3) is 0 Å². The van der Waals surface area contributed by atoms with E-state index in [0.717, 1.165) is 19.4 Å². The normalized spacial score (nSPS) is 24.3. The molecule has 1 unspecified atom stereocenters. The van der Waals surface area contributed by atoms with Gasteiger partial charge >= 0.3 is 0 Å². The molecule has 0 saturated carbocycles. The molecule has 1 amide bonds. The molecule has 0 saturated heterocycles. The summed E-state index contributed by atoms with van der Waals surface area (Å²) in [5, 5.41) is 0. The lowest BCUT2D eigenvalue weighted by molar-refractivity contribution is -0.131. The van der Waals surface area contributed by atoms with Crippen molar-refractivity contribution in [1.29, 1.82) is 0 Å². The monoisotopic (exact) mass is 254 g/mol. The maximum absolute atomic E-state index is 12.4. The highest BCUT2D eigenvalue weighted by molar-refractivity contribution is 6.06. The fraction of sp³-hybridized carbons (Fsp3) is 0.846. The Kier molecular flexibility index (Phi) is 4.73. The maximum atomic E-state index is 12.4. The molecule has 1 heterocycles. The van der Waals surface area contributed by atoms with Gasteiger partial charge in [-0.15, -0.1) is 0 Å². The van der Waals surface area contributed by atoms with Crippen LogP contribution in [0.1, 0.15) is 33.6 Å². The summed E-state index contributed by atoms with van der Waals surface area (Å²) in [5.41, 5.74) is 5.22. The minimum Gasteiger partial charge on any atom is -0.369 e. The van der Waals surface area contributed by atoms with Crippen LogP contribution in [0.2, 0.25) is 0 Å². The van der Waals surface area contributed by atoms with E-state index in [0.29, 0.717) is 18.4 Å². The predicted molar refractivity (Wildman–Crippen MR) is 74.4 cm³/mol. The number of carbonyl (C=O) groups excluding carboxylic acids is 1. The second-order valence-corrected chi connectivity index (χ2v) is 5.96. The van der Waals surface area contributed by atoms with Crippen molar-refractivity contribution in [2.75, 3.05) is 27.2 Å². The van der Waals surface area contributed by atoms with Crippen LogP contribution in [-0.4, -0.2) is 54.4 Å². The van der Waals surface area contributed by atoms with E-state index in [1.54, 1.807) is 4.90 Å². The second-order valence-electron chi connectivity index (χ2n) is 5.96. The van der Waals surface area contributed by atoms with Crippen LogP contribution in [0.5, 0.6) is 0 Å². The smallest absolute Gasteiger partial charge is 0.257 e. The van der Waals surface area contributed by atoms with Gasteiger partial charge in [0, 0.05) is 6.54 Å². The van der Waals surface area contributed by atoms with Crippen LogP contribution in [0.3, 0.4) is 0 Å². The topological polar surface area (TPSA) is 61.9 Å². The summed E-state index contributed by atoms with van der Waals surface area (Å²) in [6.07, 6.45) is 1.66. The van der Waals surface area contributed by atoms with Crippen molar-refractivity contribution in [3.05, 3.63) is 0 Å². The lowest BCUT2D eigenvalue weighted by Gasteiger charge is -2.24. The fourth-order valence-corrected chi connectivity index (χ4v) is 2.44. The Morgan fingerprint density at radius 3 is 2.56 bits per heavy atom. The molecular weight excluding hydrogens is 228 g/mol. The van der Waals surface area contributed by atoms with Crippen molar-refractivity contribution >= 4 is 11.9 Å². The largest absolute Gasteiger partial charge is 0.369 e. The fourth-order valence-electron chi connectivity index (χ4n) is 2.44. The van der Waals surface area contributed by atoms with Gasteiger partial charge in [0.25, 0.3) is 5.91 Å². The first-order valence-corrected chi connectivity index (χ1v) is 6.58. The molecule has 5 nitrogen and oxygen atoms in total. The van der Waals surface area contributed by atoms with E-state index >= 15 is 0 Å². The van der Waals surface area contributed by atoms with Crippen molar-refractivity contribution in [2.45, 2.75) is 39.2 Å². The van der Waals surface area contributed by atoms with Gasteiger partial charge in [-0.05, 0) is 46.3 Å². The molecule has 5 heteroatoms. The van der Waals surface area contributed by atoms with Gasteiger partial charge in [0.1, 0.15) is 5.54 Å². The van der Waals surface area contributed by atoms with Gasteiger partial charge in [0.05, 0.1) is 0 Å². The Morgan fingerprint density at radius 2 is 2.06 bits per heavy atom. The number of nitrogens with two attached hydrogens (primary N) is 1. The van der Waals surface area contributed by atoms with Crippen LogP contribution in [0.15, 0.2) is 4.99 Å². The number of nitrogens with zero attached hydrogens (tertiary/aromatic N) is 3. The molecule has 18 heavy (non-hydrogen) atoms. The molecule has 0 spiro atoms. The molecule has 0 bridgehead atoms. The summed E-state index contributed by atoms with van der Waals surface area (Å²) in [4.78, 5) is 20.5. The molecule has 1 atom stereocenters. The van der Waals surface area contributed by atoms with Crippen molar-refractivity contribution in [3.8, 4) is 0 Å². The number of hydrogen-bond acceptors (Lipinski definition) is 4. The first kappa shape index (κ1) is 15.0. The van der Waals surface area contributed by atoms with E-state index < -0.39 is 5.54 Å². The van der Waals surface area contributed by atoms with Crippen molar-refractivity contribution in [1.82, 2.24) is 9.80 Å². The summed E-state index contributed by atoms with van der Waals surface area (Å²) in [6.45, 7) is 7.67. The molecule has 1 aliphatic rings. The van der Waals surface area contributed by atoms with Gasteiger partial charge in [-0.1, -0.05) is 13.8 Å². The Balaban J connectivity index is 2.63. The van der Waals surface area contributed by atoms with Gasteiger partial charge in [-0.2, -0.15) is 0 Å². The summed E-state index contributed by atoms with van der Waals surface area (Å²) >= 11 is 0. The Hall–Kier alpha value is -1.10. The van der Waals surface area contributed by atoms with Gasteiger partial charge in [0.2, 0.25) is 0 Å². The van der Waals surface area contributed by atoms with E-state index in [2.05, 4.69) is 23.7 Å². The Morgan fingerprint density at radius 1 is 1.44 bits per heavy atom. The summed E-state index contributed by atoms with van der Waals surface area (Å²) in [5.74, 6) is 0.853. The Labute approximate surface area is 110 Å². The number of amides is 1. The van der Waals surface area contributed by atoms with Crippen molar-refractivity contribution in [3.63, 3.8) is 0 Å². The zero-order valence-corrected chi connectivity index (χ0v) is 12.2. The van der Waals surface area contributed by atoms with Gasteiger partial charge < -0.3 is 10.6 Å². The minimum absolute atomic E-state index is 0.0486. The number of carbonyl (C=O) groups is 1. The van der Waals surface area contributed by atoms with Crippen LogP contribution < -0.4 is 5.73 Å². The molecule has 1 rings (SSSR count). The van der Waals surface area contributed by atoms with E-state index in [4.69, 9.17) is 5.73 Å². The van der Waals surface area contributed by atoms with Crippen LogP contribution >= 0.6 is 0 Å². The molecule has 1 aliphatic heterocycles. The molecule has 0 aliphatic carbocycles. The van der Waals surface area contributed by atoms with E-state index in [1.807, 2.05) is 21.0 Å². The first-order chi connectivity index (χ1) is 8.26. The van der Waals surface area contributed by atoms with E-state index in [-0.39, 0.29) is 5.91 Å². The van der Waals surface area contributed by atoms with Crippen molar-refractivity contribution < 1.29 is 4.79 Å². The van der Waals surface area contributed by atoms with Gasteiger partial charge in [-0.25, -0.2) is 4.99 Å². The van der Waals surface area contributed by atoms with Gasteiger partial charge in [0.15, 0.2) is 5.96 Å². The van der Waals surface area contributed by atoms with E-state index in [9.17, 15) is 4.79 Å². The average Bonchev–Trinajstić information content (AvgIpc) is 2.39. The molecule has 0 aromatic heterocycles. The quantitative estimate of drug-likeness (QED) is 0.766. The molecule has 0 aromatic rings. The lowest BCUT2D eigenvalue weighted by atomic mass is 9.91. The average molecular weight is 254 g/mol. The number of rotatable bonds is 6. The zero-order chi connectivity index (χ0) is 13.9. The SMILES string of the molecule is CC(C)CC1(C)N=C(N)N(CCCN(C)C)C1=O. The Bertz CT molecular complexity index is 338. The minimum atomic E-state index is -0.656. The van der Waals surface area contributed by atoms with E-state index in [1.165, 1.54) is 0 Å². The third-order valence-corrected chi connectivity index (χ3v) is 3.14. The number of guanidine groups is 1. The predicted octanol–water partition coefficient (Wildman–Crippen LogP) is 0.900. The molecule has 0 radical (unpaired) electrons. The molecule has 2 N–H and O–H groups in total. The maximum Gasteiger partial charge on any atom is 0.257 e. The first-order valence-electron chi connectivity index (χ1n) is 6.58. The molecular formula is C13H26N4O. The van der Waals surface area contributed by atoms with Crippen LogP contribution in [0.4, 0.5) is 0 Å². The molecule has 104 valence electrons. The second kappa shape index (κ2) is 5.69. The standard InChI is InChI=1S/C13H26N4O/c1-10(2)9-13(3)11(18)17(12(14)15-13)8-6-7-16(4)5/h10H,6-9H2,1-5H3,(H2,14,15). The van der Waals surface area contributed by atoms with Crippen LogP contribution in [0, 0.1) is 5.92 Å². The highest BCUT2D eigenvalue weighted by atomic mass is 16.2.